The van der Waals surface area contributed by atoms with Crippen LogP contribution in [0.25, 0.3) is 0 Å². The summed E-state index contributed by atoms with van der Waals surface area (Å²) >= 11 is 0. The molecule has 0 heterocycles. The highest BCUT2D eigenvalue weighted by atomic mass is 16.5. The Morgan fingerprint density at radius 1 is 0.964 bits per heavy atom. The van der Waals surface area contributed by atoms with Crippen LogP contribution < -0.4 is 0 Å². The average Bonchev–Trinajstić information content (AvgIpc) is 2.78. The molecule has 1 saturated carbocycles. The van der Waals surface area contributed by atoms with Crippen molar-refractivity contribution < 1.29 is 24.2 Å². The normalized spacial score (nSPS) is 25.0. The molecule has 0 aromatic carbocycles. The van der Waals surface area contributed by atoms with Gasteiger partial charge in [-0.25, -0.2) is 0 Å². The van der Waals surface area contributed by atoms with Crippen LogP contribution in [0.3, 0.4) is 0 Å². The van der Waals surface area contributed by atoms with E-state index >= 15 is 0 Å². The van der Waals surface area contributed by atoms with Gasteiger partial charge in [-0.3, -0.25) is 9.59 Å². The van der Waals surface area contributed by atoms with Crippen LogP contribution in [0.4, 0.5) is 0 Å². The van der Waals surface area contributed by atoms with Crippen LogP contribution in [0, 0.1) is 16.7 Å². The van der Waals surface area contributed by atoms with Crippen molar-refractivity contribution in [2.45, 2.75) is 105 Å². The van der Waals surface area contributed by atoms with Crippen LogP contribution in [0.15, 0.2) is 0 Å². The summed E-state index contributed by atoms with van der Waals surface area (Å²) < 4.78 is 11.2. The minimum Gasteiger partial charge on any atom is -0.465 e. The second-order valence-corrected chi connectivity index (χ2v) is 10.6. The van der Waals surface area contributed by atoms with E-state index in [2.05, 4.69) is 20.8 Å². The number of hydrogen-bond donors (Lipinski definition) is 1. The van der Waals surface area contributed by atoms with Gasteiger partial charge in [-0.05, 0) is 72.1 Å². The monoisotopic (exact) mass is 398 g/mol. The molecule has 1 rings (SSSR count). The van der Waals surface area contributed by atoms with Gasteiger partial charge in [-0.15, -0.1) is 0 Å². The molecule has 1 aliphatic carbocycles. The Hall–Kier alpha value is -0.940. The number of Topliss-reactive ketones (excluding diaryl/α,β-unsaturated/α-hetero) is 1. The number of carbonyl (C=O) groups is 2. The van der Waals surface area contributed by atoms with Crippen molar-refractivity contribution in [3.8, 4) is 0 Å². The van der Waals surface area contributed by atoms with Crippen molar-refractivity contribution >= 4 is 11.8 Å². The van der Waals surface area contributed by atoms with Gasteiger partial charge >= 0.3 is 5.97 Å². The van der Waals surface area contributed by atoms with Gasteiger partial charge in [0.05, 0.1) is 18.1 Å². The van der Waals surface area contributed by atoms with E-state index < -0.39 is 16.4 Å². The van der Waals surface area contributed by atoms with Crippen molar-refractivity contribution in [1.29, 1.82) is 0 Å². The Labute approximate surface area is 171 Å². The Kier molecular flexibility index (Phi) is 8.29. The Balaban J connectivity index is 2.42. The number of aliphatic hydroxyl groups is 1. The van der Waals surface area contributed by atoms with E-state index in [1.165, 1.54) is 13.8 Å². The summed E-state index contributed by atoms with van der Waals surface area (Å²) in [6, 6.07) is 0. The third-order valence-corrected chi connectivity index (χ3v) is 6.39. The second kappa shape index (κ2) is 9.25. The smallest absolute Gasteiger partial charge is 0.309 e. The fourth-order valence-corrected chi connectivity index (χ4v) is 4.20. The largest absolute Gasteiger partial charge is 0.465 e. The first-order valence-electron chi connectivity index (χ1n) is 10.7. The summed E-state index contributed by atoms with van der Waals surface area (Å²) in [5.41, 5.74) is -2.78. The standard InChI is InChI=1S/C23H42O5/c1-20(2,3)28-16-12-10-9-11-15-27-18(24)17-13-14-23(8,21(17,4)5)19(25)22(6,7)26/h17,26H,9-16H2,1-8H3/t17?,23-/m0/s1. The van der Waals surface area contributed by atoms with Gasteiger partial charge in [0, 0.05) is 12.0 Å². The molecule has 28 heavy (non-hydrogen) atoms. The summed E-state index contributed by atoms with van der Waals surface area (Å²) in [5.74, 6) is -0.727. The van der Waals surface area contributed by atoms with E-state index in [4.69, 9.17) is 9.47 Å². The maximum Gasteiger partial charge on any atom is 0.309 e. The lowest BCUT2D eigenvalue weighted by atomic mass is 9.61. The topological polar surface area (TPSA) is 72.8 Å². The lowest BCUT2D eigenvalue weighted by Gasteiger charge is -2.42. The van der Waals surface area contributed by atoms with E-state index in [1.54, 1.807) is 0 Å². The number of rotatable bonds is 10. The molecule has 1 aliphatic rings. The third-order valence-electron chi connectivity index (χ3n) is 6.39. The fourth-order valence-electron chi connectivity index (χ4n) is 4.20. The lowest BCUT2D eigenvalue weighted by molar-refractivity contribution is -0.158. The molecule has 5 nitrogen and oxygen atoms in total. The first-order chi connectivity index (χ1) is 12.6. The number of ether oxygens (including phenoxy) is 2. The molecule has 0 aromatic heterocycles. The van der Waals surface area contributed by atoms with E-state index in [1.807, 2.05) is 20.8 Å². The number of ketones is 1. The first kappa shape index (κ1) is 25.1. The van der Waals surface area contributed by atoms with Crippen LogP contribution in [-0.2, 0) is 19.1 Å². The molecule has 0 spiro atoms. The SMILES string of the molecule is CC(C)(C)OCCCCCCOC(=O)C1CC[C@@](C)(C(=O)C(C)(C)O)C1(C)C. The number of hydrogen-bond acceptors (Lipinski definition) is 5. The van der Waals surface area contributed by atoms with Crippen LogP contribution >= 0.6 is 0 Å². The summed E-state index contributed by atoms with van der Waals surface area (Å²) in [4.78, 5) is 25.5. The average molecular weight is 399 g/mol. The molecule has 164 valence electrons. The Morgan fingerprint density at radius 3 is 2.00 bits per heavy atom. The molecular weight excluding hydrogens is 356 g/mol. The molecule has 0 radical (unpaired) electrons. The van der Waals surface area contributed by atoms with Gasteiger partial charge in [-0.1, -0.05) is 27.2 Å². The summed E-state index contributed by atoms with van der Waals surface area (Å²) in [5, 5.41) is 10.2. The van der Waals surface area contributed by atoms with Crippen molar-refractivity contribution in [1.82, 2.24) is 0 Å². The summed E-state index contributed by atoms with van der Waals surface area (Å²) in [6.45, 7) is 16.2. The summed E-state index contributed by atoms with van der Waals surface area (Å²) in [6.07, 6.45) is 5.13. The molecule has 0 saturated heterocycles. The van der Waals surface area contributed by atoms with Crippen molar-refractivity contribution in [2.75, 3.05) is 13.2 Å². The van der Waals surface area contributed by atoms with Crippen LogP contribution in [0.2, 0.25) is 0 Å². The third kappa shape index (κ3) is 6.28. The molecule has 0 bridgehead atoms. The van der Waals surface area contributed by atoms with Crippen molar-refractivity contribution in [3.05, 3.63) is 0 Å². The van der Waals surface area contributed by atoms with Crippen molar-refractivity contribution in [2.24, 2.45) is 16.7 Å². The second-order valence-electron chi connectivity index (χ2n) is 10.6. The van der Waals surface area contributed by atoms with Gasteiger partial charge in [0.2, 0.25) is 0 Å². The van der Waals surface area contributed by atoms with Crippen LogP contribution in [0.1, 0.15) is 93.9 Å². The molecule has 1 N–H and O–H groups in total. The van der Waals surface area contributed by atoms with E-state index in [0.717, 1.165) is 32.3 Å². The molecule has 1 unspecified atom stereocenters. The van der Waals surface area contributed by atoms with E-state index in [0.29, 0.717) is 19.4 Å². The Bertz CT molecular complexity index is 538. The Morgan fingerprint density at radius 2 is 1.50 bits per heavy atom. The number of unbranched alkanes of at least 4 members (excludes halogenated alkanes) is 3. The van der Waals surface area contributed by atoms with Gasteiger partial charge in [0.1, 0.15) is 5.60 Å². The fraction of sp³-hybridized carbons (Fsp3) is 0.913. The maximum absolute atomic E-state index is 12.8. The van der Waals surface area contributed by atoms with Crippen LogP contribution in [0.5, 0.6) is 0 Å². The lowest BCUT2D eigenvalue weighted by Crippen LogP contribution is -2.50. The van der Waals surface area contributed by atoms with Crippen LogP contribution in [-0.4, -0.2) is 41.3 Å². The highest BCUT2D eigenvalue weighted by molar-refractivity contribution is 5.93. The maximum atomic E-state index is 12.8. The van der Waals surface area contributed by atoms with E-state index in [9.17, 15) is 14.7 Å². The molecular formula is C23H42O5. The van der Waals surface area contributed by atoms with Gasteiger partial charge in [0.15, 0.2) is 5.78 Å². The minimum absolute atomic E-state index is 0.0925. The highest BCUT2D eigenvalue weighted by Crippen LogP contribution is 2.57. The molecule has 1 fully saturated rings. The zero-order valence-electron chi connectivity index (χ0n) is 19.3. The summed E-state index contributed by atoms with van der Waals surface area (Å²) in [7, 11) is 0. The number of carbonyl (C=O) groups excluding carboxylic acids is 2. The predicted octanol–water partition coefficient (Wildman–Crippen LogP) is 4.69. The predicted molar refractivity (Wildman–Crippen MR) is 111 cm³/mol. The highest BCUT2D eigenvalue weighted by Gasteiger charge is 2.60. The molecule has 0 aliphatic heterocycles. The zero-order valence-corrected chi connectivity index (χ0v) is 19.3. The van der Waals surface area contributed by atoms with E-state index in [-0.39, 0.29) is 23.3 Å². The zero-order chi connectivity index (χ0) is 21.8. The molecule has 0 aromatic rings. The minimum atomic E-state index is -1.40. The first-order valence-corrected chi connectivity index (χ1v) is 10.7. The molecule has 0 amide bonds. The van der Waals surface area contributed by atoms with Gasteiger partial charge < -0.3 is 14.6 Å². The van der Waals surface area contributed by atoms with Crippen molar-refractivity contribution in [3.63, 3.8) is 0 Å². The molecule has 5 heteroatoms. The quantitative estimate of drug-likeness (QED) is 0.427. The number of esters is 1. The molecule has 2 atom stereocenters. The van der Waals surface area contributed by atoms with Gasteiger partial charge in [-0.2, -0.15) is 0 Å². The van der Waals surface area contributed by atoms with Gasteiger partial charge in [0.25, 0.3) is 0 Å².